The van der Waals surface area contributed by atoms with Gasteiger partial charge in [0.15, 0.2) is 0 Å². The Morgan fingerprint density at radius 2 is 2.00 bits per heavy atom. The molecule has 1 atom stereocenters. The van der Waals surface area contributed by atoms with Crippen LogP contribution in [0.15, 0.2) is 24.3 Å². The lowest BCUT2D eigenvalue weighted by Gasteiger charge is -2.28. The molecule has 17 heavy (non-hydrogen) atoms. The molecule has 0 spiro atoms. The molecule has 1 unspecified atom stereocenters. The second kappa shape index (κ2) is 6.59. The van der Waals surface area contributed by atoms with Crippen molar-refractivity contribution in [2.45, 2.75) is 26.0 Å². The quantitative estimate of drug-likeness (QED) is 0.662. The SMILES string of the molecule is CCNC(C)(CO)COc1ccccc1CO. The summed E-state index contributed by atoms with van der Waals surface area (Å²) in [4.78, 5) is 0. The smallest absolute Gasteiger partial charge is 0.124 e. The van der Waals surface area contributed by atoms with E-state index in [1.165, 1.54) is 0 Å². The molecule has 0 fully saturated rings. The van der Waals surface area contributed by atoms with Gasteiger partial charge in [-0.1, -0.05) is 25.1 Å². The van der Waals surface area contributed by atoms with Gasteiger partial charge in [0.1, 0.15) is 12.4 Å². The number of rotatable bonds is 7. The molecule has 0 saturated carbocycles. The van der Waals surface area contributed by atoms with Crippen LogP contribution in [0.3, 0.4) is 0 Å². The zero-order chi connectivity index (χ0) is 12.7. The third kappa shape index (κ3) is 4.00. The molecule has 0 aromatic heterocycles. The lowest BCUT2D eigenvalue weighted by atomic mass is 10.1. The Balaban J connectivity index is 2.65. The summed E-state index contributed by atoms with van der Waals surface area (Å²) in [6.07, 6.45) is 0. The Morgan fingerprint density at radius 3 is 2.59 bits per heavy atom. The summed E-state index contributed by atoms with van der Waals surface area (Å²) >= 11 is 0. The zero-order valence-corrected chi connectivity index (χ0v) is 10.4. The third-order valence-corrected chi connectivity index (χ3v) is 2.64. The molecular formula is C13H21NO3. The fraction of sp³-hybridized carbons (Fsp3) is 0.538. The van der Waals surface area contributed by atoms with Crippen LogP contribution in [-0.2, 0) is 6.61 Å². The second-order valence-electron chi connectivity index (χ2n) is 4.30. The van der Waals surface area contributed by atoms with Crippen LogP contribution in [0.2, 0.25) is 0 Å². The largest absolute Gasteiger partial charge is 0.491 e. The molecule has 1 aromatic rings. The van der Waals surface area contributed by atoms with Crippen molar-refractivity contribution >= 4 is 0 Å². The van der Waals surface area contributed by atoms with Crippen molar-refractivity contribution in [1.82, 2.24) is 5.32 Å². The maximum Gasteiger partial charge on any atom is 0.124 e. The van der Waals surface area contributed by atoms with Crippen molar-refractivity contribution in [3.63, 3.8) is 0 Å². The summed E-state index contributed by atoms with van der Waals surface area (Å²) in [5.41, 5.74) is 0.293. The monoisotopic (exact) mass is 239 g/mol. The maximum absolute atomic E-state index is 9.33. The molecule has 1 aromatic carbocycles. The minimum atomic E-state index is -0.461. The molecule has 0 aliphatic heterocycles. The van der Waals surface area contributed by atoms with E-state index in [9.17, 15) is 5.11 Å². The number of hydrogen-bond acceptors (Lipinski definition) is 4. The molecule has 96 valence electrons. The fourth-order valence-corrected chi connectivity index (χ4v) is 1.59. The van der Waals surface area contributed by atoms with Crippen LogP contribution in [0.4, 0.5) is 0 Å². The molecule has 4 nitrogen and oxygen atoms in total. The first kappa shape index (κ1) is 14.0. The highest BCUT2D eigenvalue weighted by Gasteiger charge is 2.23. The number of aliphatic hydroxyl groups excluding tert-OH is 2. The standard InChI is InChI=1S/C13H21NO3/c1-3-14-13(2,9-16)10-17-12-7-5-4-6-11(12)8-15/h4-7,14-16H,3,8-10H2,1-2H3. The molecule has 4 heteroatoms. The van der Waals surface area contributed by atoms with E-state index in [1.54, 1.807) is 0 Å². The number of likely N-dealkylation sites (N-methyl/N-ethyl adjacent to an activating group) is 1. The molecule has 3 N–H and O–H groups in total. The van der Waals surface area contributed by atoms with E-state index < -0.39 is 5.54 Å². The minimum Gasteiger partial charge on any atom is -0.491 e. The molecular weight excluding hydrogens is 218 g/mol. The Bertz CT molecular complexity index is 343. The van der Waals surface area contributed by atoms with Gasteiger partial charge in [-0.3, -0.25) is 0 Å². The van der Waals surface area contributed by atoms with E-state index >= 15 is 0 Å². The summed E-state index contributed by atoms with van der Waals surface area (Å²) in [5.74, 6) is 0.660. The average molecular weight is 239 g/mol. The third-order valence-electron chi connectivity index (χ3n) is 2.64. The van der Waals surface area contributed by atoms with Gasteiger partial charge >= 0.3 is 0 Å². The summed E-state index contributed by atoms with van der Waals surface area (Å²) in [7, 11) is 0. The van der Waals surface area contributed by atoms with Gasteiger partial charge in [-0.25, -0.2) is 0 Å². The Morgan fingerprint density at radius 1 is 1.29 bits per heavy atom. The molecule has 0 heterocycles. The van der Waals surface area contributed by atoms with Crippen LogP contribution in [0, 0.1) is 0 Å². The summed E-state index contributed by atoms with van der Waals surface area (Å²) in [5, 5.41) is 21.7. The number of hydrogen-bond donors (Lipinski definition) is 3. The predicted molar refractivity (Wildman–Crippen MR) is 67.0 cm³/mol. The molecule has 0 radical (unpaired) electrons. The van der Waals surface area contributed by atoms with Crippen LogP contribution >= 0.6 is 0 Å². The lowest BCUT2D eigenvalue weighted by molar-refractivity contribution is 0.116. The summed E-state index contributed by atoms with van der Waals surface area (Å²) in [6, 6.07) is 7.35. The number of benzene rings is 1. The lowest BCUT2D eigenvalue weighted by Crippen LogP contribution is -2.50. The van der Waals surface area contributed by atoms with E-state index in [-0.39, 0.29) is 13.2 Å². The average Bonchev–Trinajstić information content (AvgIpc) is 2.37. The first-order valence-corrected chi connectivity index (χ1v) is 5.82. The van der Waals surface area contributed by atoms with Crippen LogP contribution in [-0.4, -0.2) is 35.5 Å². The van der Waals surface area contributed by atoms with Crippen LogP contribution in [0.1, 0.15) is 19.4 Å². The van der Waals surface area contributed by atoms with E-state index in [0.29, 0.717) is 12.4 Å². The van der Waals surface area contributed by atoms with E-state index in [1.807, 2.05) is 38.1 Å². The van der Waals surface area contributed by atoms with Crippen molar-refractivity contribution in [1.29, 1.82) is 0 Å². The van der Waals surface area contributed by atoms with Crippen molar-refractivity contribution in [2.24, 2.45) is 0 Å². The number of para-hydroxylation sites is 1. The number of nitrogens with one attached hydrogen (secondary N) is 1. The van der Waals surface area contributed by atoms with Crippen LogP contribution in [0.25, 0.3) is 0 Å². The van der Waals surface area contributed by atoms with Gasteiger partial charge in [-0.05, 0) is 19.5 Å². The molecule has 1 rings (SSSR count). The van der Waals surface area contributed by atoms with Gasteiger partial charge in [-0.15, -0.1) is 0 Å². The first-order valence-electron chi connectivity index (χ1n) is 5.82. The van der Waals surface area contributed by atoms with Crippen molar-refractivity contribution in [2.75, 3.05) is 19.8 Å². The normalized spacial score (nSPS) is 14.4. The topological polar surface area (TPSA) is 61.7 Å². The van der Waals surface area contributed by atoms with Crippen molar-refractivity contribution in [3.05, 3.63) is 29.8 Å². The van der Waals surface area contributed by atoms with E-state index in [2.05, 4.69) is 5.32 Å². The van der Waals surface area contributed by atoms with Crippen molar-refractivity contribution < 1.29 is 14.9 Å². The molecule has 0 aliphatic rings. The van der Waals surface area contributed by atoms with Crippen molar-refractivity contribution in [3.8, 4) is 5.75 Å². The Labute approximate surface area is 102 Å². The van der Waals surface area contributed by atoms with Crippen LogP contribution in [0.5, 0.6) is 5.75 Å². The Hall–Kier alpha value is -1.10. The van der Waals surface area contributed by atoms with Crippen LogP contribution < -0.4 is 10.1 Å². The maximum atomic E-state index is 9.33. The fourth-order valence-electron chi connectivity index (χ4n) is 1.59. The molecule has 0 amide bonds. The molecule has 0 aliphatic carbocycles. The van der Waals surface area contributed by atoms with Gasteiger partial charge in [0.25, 0.3) is 0 Å². The minimum absolute atomic E-state index is 0.00211. The van der Waals surface area contributed by atoms with Gasteiger partial charge < -0.3 is 20.3 Å². The predicted octanol–water partition coefficient (Wildman–Crippen LogP) is 0.918. The molecule has 0 bridgehead atoms. The second-order valence-corrected chi connectivity index (χ2v) is 4.30. The van der Waals surface area contributed by atoms with Gasteiger partial charge in [-0.2, -0.15) is 0 Å². The number of aliphatic hydroxyl groups is 2. The summed E-state index contributed by atoms with van der Waals surface area (Å²) in [6.45, 7) is 4.96. The Kier molecular flexibility index (Phi) is 5.41. The first-order chi connectivity index (χ1) is 8.15. The number of ether oxygens (including phenoxy) is 1. The van der Waals surface area contributed by atoms with E-state index in [0.717, 1.165) is 12.1 Å². The summed E-state index contributed by atoms with van der Waals surface area (Å²) < 4.78 is 5.65. The highest BCUT2D eigenvalue weighted by Crippen LogP contribution is 2.19. The highest BCUT2D eigenvalue weighted by atomic mass is 16.5. The zero-order valence-electron chi connectivity index (χ0n) is 10.4. The van der Waals surface area contributed by atoms with Gasteiger partial charge in [0.05, 0.1) is 18.8 Å². The molecule has 0 saturated heterocycles. The van der Waals surface area contributed by atoms with Gasteiger partial charge in [0, 0.05) is 5.56 Å². The van der Waals surface area contributed by atoms with E-state index in [4.69, 9.17) is 9.84 Å². The highest BCUT2D eigenvalue weighted by molar-refractivity contribution is 5.32. The van der Waals surface area contributed by atoms with Gasteiger partial charge in [0.2, 0.25) is 0 Å².